The van der Waals surface area contributed by atoms with Crippen LogP contribution in [-0.4, -0.2) is 29.4 Å². The average Bonchev–Trinajstić information content (AvgIpc) is 3.05. The Morgan fingerprint density at radius 3 is 2.76 bits per heavy atom. The number of aryl methyl sites for hydroxylation is 1. The third-order valence-electron chi connectivity index (χ3n) is 3.39. The zero-order valence-corrected chi connectivity index (χ0v) is 12.0. The number of aromatic nitrogens is 6. The molecule has 104 valence electrons. The van der Waals surface area contributed by atoms with Gasteiger partial charge in [-0.3, -0.25) is 4.68 Å². The summed E-state index contributed by atoms with van der Waals surface area (Å²) in [4.78, 5) is 8.94. The maximum atomic E-state index is 5.89. The van der Waals surface area contributed by atoms with Gasteiger partial charge in [-0.2, -0.15) is 5.10 Å². The van der Waals surface area contributed by atoms with Crippen LogP contribution in [0.5, 0.6) is 0 Å². The van der Waals surface area contributed by atoms with Crippen LogP contribution in [0, 0.1) is 0 Å². The first kappa shape index (κ1) is 12.3. The van der Waals surface area contributed by atoms with E-state index in [1.165, 1.54) is 0 Å². The highest BCUT2D eigenvalue weighted by atomic mass is 35.5. The Balaban J connectivity index is 1.79. The Bertz CT molecular complexity index is 937. The minimum Gasteiger partial charge on any atom is -0.250 e. The standard InChI is InChI=1S/C14H11ClN6/c1-20-13-11(7-17-20)14-18-12(19-21(14)8-16-13)6-9-2-4-10(15)5-3-9/h2-5,7-8H,6H2,1H3. The van der Waals surface area contributed by atoms with Crippen molar-refractivity contribution in [3.05, 3.63) is 53.2 Å². The molecule has 0 amide bonds. The number of rotatable bonds is 2. The molecule has 0 aliphatic carbocycles. The van der Waals surface area contributed by atoms with Gasteiger partial charge < -0.3 is 0 Å². The maximum absolute atomic E-state index is 5.89. The van der Waals surface area contributed by atoms with E-state index in [4.69, 9.17) is 11.6 Å². The smallest absolute Gasteiger partial charge is 0.170 e. The number of fused-ring (bicyclic) bond motifs is 3. The molecule has 4 rings (SSSR count). The predicted octanol–water partition coefficient (Wildman–Crippen LogP) is 2.26. The lowest BCUT2D eigenvalue weighted by atomic mass is 10.1. The van der Waals surface area contributed by atoms with E-state index in [2.05, 4.69) is 20.2 Å². The lowest BCUT2D eigenvalue weighted by molar-refractivity contribution is 0.782. The molecule has 0 aliphatic rings. The van der Waals surface area contributed by atoms with Crippen molar-refractivity contribution in [2.45, 2.75) is 6.42 Å². The van der Waals surface area contributed by atoms with Gasteiger partial charge in [-0.25, -0.2) is 14.5 Å². The van der Waals surface area contributed by atoms with E-state index in [1.54, 1.807) is 21.7 Å². The van der Waals surface area contributed by atoms with Gasteiger partial charge in [0.1, 0.15) is 6.33 Å². The quantitative estimate of drug-likeness (QED) is 0.569. The van der Waals surface area contributed by atoms with E-state index in [-0.39, 0.29) is 0 Å². The maximum Gasteiger partial charge on any atom is 0.170 e. The third kappa shape index (κ3) is 2.04. The SMILES string of the molecule is Cn1ncc2c1ncn1nc(Cc3ccc(Cl)cc3)nc21. The van der Waals surface area contributed by atoms with Crippen LogP contribution in [0.15, 0.2) is 36.8 Å². The van der Waals surface area contributed by atoms with Crippen LogP contribution in [0.3, 0.4) is 0 Å². The van der Waals surface area contributed by atoms with Crippen molar-refractivity contribution < 1.29 is 0 Å². The highest BCUT2D eigenvalue weighted by Gasteiger charge is 2.11. The van der Waals surface area contributed by atoms with Crippen molar-refractivity contribution in [1.29, 1.82) is 0 Å². The number of halogens is 1. The molecule has 3 heterocycles. The molecule has 0 spiro atoms. The number of nitrogens with zero attached hydrogens (tertiary/aromatic N) is 6. The minimum atomic E-state index is 0.653. The zero-order chi connectivity index (χ0) is 14.4. The van der Waals surface area contributed by atoms with Crippen LogP contribution < -0.4 is 0 Å². The molecule has 0 saturated heterocycles. The molecule has 4 aromatic rings. The molecule has 0 radical (unpaired) electrons. The van der Waals surface area contributed by atoms with Crippen molar-refractivity contribution in [2.24, 2.45) is 7.05 Å². The van der Waals surface area contributed by atoms with E-state index >= 15 is 0 Å². The summed E-state index contributed by atoms with van der Waals surface area (Å²) in [6, 6.07) is 7.69. The summed E-state index contributed by atoms with van der Waals surface area (Å²) < 4.78 is 3.41. The normalized spacial score (nSPS) is 11.5. The Hall–Kier alpha value is -2.47. The summed E-state index contributed by atoms with van der Waals surface area (Å²) in [5.41, 5.74) is 2.69. The molecule has 0 fully saturated rings. The van der Waals surface area contributed by atoms with Gasteiger partial charge in [0.15, 0.2) is 17.1 Å². The van der Waals surface area contributed by atoms with Gasteiger partial charge in [-0.15, -0.1) is 5.10 Å². The highest BCUT2D eigenvalue weighted by Crippen LogP contribution is 2.17. The van der Waals surface area contributed by atoms with Crippen molar-refractivity contribution in [2.75, 3.05) is 0 Å². The molecule has 0 atom stereocenters. The summed E-state index contributed by atoms with van der Waals surface area (Å²) in [5.74, 6) is 0.746. The molecule has 7 heteroatoms. The first-order valence-electron chi connectivity index (χ1n) is 6.47. The fraction of sp³-hybridized carbons (Fsp3) is 0.143. The van der Waals surface area contributed by atoms with Gasteiger partial charge in [0.25, 0.3) is 0 Å². The van der Waals surface area contributed by atoms with Crippen molar-refractivity contribution in [3.63, 3.8) is 0 Å². The predicted molar refractivity (Wildman–Crippen MR) is 79.3 cm³/mol. The monoisotopic (exact) mass is 298 g/mol. The largest absolute Gasteiger partial charge is 0.250 e. The number of hydrogen-bond acceptors (Lipinski definition) is 4. The molecule has 0 unspecified atom stereocenters. The molecule has 0 saturated carbocycles. The van der Waals surface area contributed by atoms with Gasteiger partial charge in [0, 0.05) is 18.5 Å². The van der Waals surface area contributed by atoms with Crippen LogP contribution in [-0.2, 0) is 13.5 Å². The summed E-state index contributed by atoms with van der Waals surface area (Å²) in [7, 11) is 1.86. The molecule has 0 N–H and O–H groups in total. The minimum absolute atomic E-state index is 0.653. The Labute approximate surface area is 125 Å². The number of benzene rings is 1. The third-order valence-corrected chi connectivity index (χ3v) is 3.64. The van der Waals surface area contributed by atoms with Crippen molar-refractivity contribution in [3.8, 4) is 0 Å². The first-order valence-corrected chi connectivity index (χ1v) is 6.85. The van der Waals surface area contributed by atoms with Gasteiger partial charge in [0.05, 0.1) is 11.6 Å². The highest BCUT2D eigenvalue weighted by molar-refractivity contribution is 6.30. The van der Waals surface area contributed by atoms with Gasteiger partial charge in [-0.05, 0) is 17.7 Å². The second kappa shape index (κ2) is 4.53. The van der Waals surface area contributed by atoms with Crippen LogP contribution >= 0.6 is 11.6 Å². The number of hydrogen-bond donors (Lipinski definition) is 0. The second-order valence-electron chi connectivity index (χ2n) is 4.85. The first-order chi connectivity index (χ1) is 10.2. The topological polar surface area (TPSA) is 60.9 Å². The van der Waals surface area contributed by atoms with E-state index in [9.17, 15) is 0 Å². The van der Waals surface area contributed by atoms with Crippen LogP contribution in [0.1, 0.15) is 11.4 Å². The summed E-state index contributed by atoms with van der Waals surface area (Å²) in [6.07, 6.45) is 4.08. The molecule has 3 aromatic heterocycles. The summed E-state index contributed by atoms with van der Waals surface area (Å²) in [6.45, 7) is 0. The van der Waals surface area contributed by atoms with Crippen LogP contribution in [0.4, 0.5) is 0 Å². The molecular formula is C14H11ClN6. The van der Waals surface area contributed by atoms with E-state index in [0.29, 0.717) is 6.42 Å². The second-order valence-corrected chi connectivity index (χ2v) is 5.29. The Kier molecular flexibility index (Phi) is 2.65. The summed E-state index contributed by atoms with van der Waals surface area (Å²) >= 11 is 5.89. The van der Waals surface area contributed by atoms with Gasteiger partial charge in [0.2, 0.25) is 0 Å². The molecular weight excluding hydrogens is 288 g/mol. The lowest BCUT2D eigenvalue weighted by Crippen LogP contribution is -1.95. The Morgan fingerprint density at radius 2 is 1.95 bits per heavy atom. The van der Waals surface area contributed by atoms with Crippen molar-refractivity contribution >= 4 is 28.3 Å². The van der Waals surface area contributed by atoms with Crippen molar-refractivity contribution in [1.82, 2.24) is 29.4 Å². The lowest BCUT2D eigenvalue weighted by Gasteiger charge is -1.96. The molecule has 0 bridgehead atoms. The van der Waals surface area contributed by atoms with Crippen LogP contribution in [0.2, 0.25) is 5.02 Å². The van der Waals surface area contributed by atoms with E-state index in [0.717, 1.165) is 33.1 Å². The van der Waals surface area contributed by atoms with Gasteiger partial charge in [-0.1, -0.05) is 23.7 Å². The van der Waals surface area contributed by atoms with E-state index < -0.39 is 0 Å². The molecule has 21 heavy (non-hydrogen) atoms. The fourth-order valence-electron chi connectivity index (χ4n) is 2.34. The van der Waals surface area contributed by atoms with Crippen LogP contribution in [0.25, 0.3) is 16.7 Å². The zero-order valence-electron chi connectivity index (χ0n) is 11.2. The van der Waals surface area contributed by atoms with Gasteiger partial charge >= 0.3 is 0 Å². The summed E-state index contributed by atoms with van der Waals surface area (Å²) in [5, 5.41) is 10.3. The molecule has 0 aliphatic heterocycles. The average molecular weight is 299 g/mol. The Morgan fingerprint density at radius 1 is 1.14 bits per heavy atom. The van der Waals surface area contributed by atoms with E-state index in [1.807, 2.05) is 31.3 Å². The fourth-order valence-corrected chi connectivity index (χ4v) is 2.47. The molecule has 6 nitrogen and oxygen atoms in total. The molecule has 1 aromatic carbocycles.